The van der Waals surface area contributed by atoms with Gasteiger partial charge in [-0.1, -0.05) is 12.1 Å². The van der Waals surface area contributed by atoms with Gasteiger partial charge in [-0.25, -0.2) is 4.98 Å². The van der Waals surface area contributed by atoms with Crippen molar-refractivity contribution in [3.8, 4) is 0 Å². The second-order valence-electron chi connectivity index (χ2n) is 10.0. The number of para-hydroxylation sites is 2. The first-order valence-corrected chi connectivity index (χ1v) is 12.7. The van der Waals surface area contributed by atoms with Crippen LogP contribution in [0.3, 0.4) is 0 Å². The molecule has 10 nitrogen and oxygen atoms in total. The number of hydrogen-bond acceptors (Lipinski definition) is 6. The topological polar surface area (TPSA) is 118 Å². The van der Waals surface area contributed by atoms with Gasteiger partial charge in [0.2, 0.25) is 11.8 Å². The normalized spacial score (nSPS) is 16.9. The van der Waals surface area contributed by atoms with Crippen LogP contribution in [0.4, 0.5) is 0 Å². The number of nitrogens with zero attached hydrogens (tertiary/aromatic N) is 4. The summed E-state index contributed by atoms with van der Waals surface area (Å²) in [7, 11) is 1.73. The lowest BCUT2D eigenvalue weighted by molar-refractivity contribution is -0.134. The number of aromatic nitrogens is 2. The molecule has 3 amide bonds. The molecule has 0 radical (unpaired) electrons. The van der Waals surface area contributed by atoms with E-state index in [4.69, 9.17) is 4.42 Å². The lowest BCUT2D eigenvalue weighted by Crippen LogP contribution is -2.47. The van der Waals surface area contributed by atoms with E-state index in [0.29, 0.717) is 38.3 Å². The predicted octanol–water partition coefficient (Wildman–Crippen LogP) is 1.73. The highest BCUT2D eigenvalue weighted by Gasteiger charge is 2.42. The maximum absolute atomic E-state index is 13.0. The van der Waals surface area contributed by atoms with Crippen molar-refractivity contribution in [2.75, 3.05) is 32.7 Å². The third kappa shape index (κ3) is 5.14. The Labute approximate surface area is 214 Å². The molecule has 4 heterocycles. The molecule has 0 atom stereocenters. The number of amides is 3. The number of likely N-dealkylation sites (tertiary alicyclic amines) is 2. The standard InChI is InChI=1S/C27H31N5O5/c1-30-21-6-3-2-5-19(21)29-20(26(30)36)8-9-23(33)32-15-12-27(18-32)10-13-31(14-11-27)24(34)17-28-25(35)22-7-4-16-37-22/h2-7,16H,8-15,17-18H2,1H3,(H,28,35). The Balaban J connectivity index is 1.11. The lowest BCUT2D eigenvalue weighted by Gasteiger charge is -2.39. The van der Waals surface area contributed by atoms with Gasteiger partial charge in [-0.2, -0.15) is 0 Å². The van der Waals surface area contributed by atoms with Crippen LogP contribution < -0.4 is 10.9 Å². The van der Waals surface area contributed by atoms with E-state index in [2.05, 4.69) is 10.3 Å². The minimum Gasteiger partial charge on any atom is -0.459 e. The first-order valence-electron chi connectivity index (χ1n) is 12.7. The number of hydrogen-bond donors (Lipinski definition) is 1. The van der Waals surface area contributed by atoms with Crippen LogP contribution in [-0.2, 0) is 23.1 Å². The summed E-state index contributed by atoms with van der Waals surface area (Å²) in [5.74, 6) is -0.315. The fraction of sp³-hybridized carbons (Fsp3) is 0.444. The lowest BCUT2D eigenvalue weighted by atomic mass is 9.78. The molecule has 2 aromatic heterocycles. The number of carbonyl (C=O) groups is 3. The van der Waals surface area contributed by atoms with Crippen LogP contribution in [0, 0.1) is 5.41 Å². The van der Waals surface area contributed by atoms with Gasteiger partial charge in [0.15, 0.2) is 5.76 Å². The number of nitrogens with one attached hydrogen (secondary N) is 1. The Hall–Kier alpha value is -3.95. The third-order valence-electron chi connectivity index (χ3n) is 7.74. The van der Waals surface area contributed by atoms with Crippen molar-refractivity contribution < 1.29 is 18.8 Å². The highest BCUT2D eigenvalue weighted by molar-refractivity contribution is 5.94. The van der Waals surface area contributed by atoms with Gasteiger partial charge in [-0.15, -0.1) is 0 Å². The highest BCUT2D eigenvalue weighted by atomic mass is 16.3. The minimum absolute atomic E-state index is 0.0151. The van der Waals surface area contributed by atoms with Crippen LogP contribution in [0.1, 0.15) is 41.9 Å². The van der Waals surface area contributed by atoms with E-state index in [-0.39, 0.29) is 41.5 Å². The first kappa shape index (κ1) is 24.7. The Morgan fingerprint density at radius 3 is 2.46 bits per heavy atom. The number of rotatable bonds is 6. The van der Waals surface area contributed by atoms with Crippen molar-refractivity contribution in [2.45, 2.75) is 32.1 Å². The quantitative estimate of drug-likeness (QED) is 0.545. The zero-order chi connectivity index (χ0) is 26.0. The molecular weight excluding hydrogens is 474 g/mol. The average Bonchev–Trinajstić information content (AvgIpc) is 3.60. The summed E-state index contributed by atoms with van der Waals surface area (Å²) >= 11 is 0. The number of aryl methyl sites for hydroxylation is 2. The summed E-state index contributed by atoms with van der Waals surface area (Å²) in [6.07, 6.45) is 4.52. The molecule has 2 aliphatic rings. The van der Waals surface area contributed by atoms with Crippen molar-refractivity contribution in [2.24, 2.45) is 12.5 Å². The number of benzene rings is 1. The molecule has 2 saturated heterocycles. The largest absolute Gasteiger partial charge is 0.459 e. The van der Waals surface area contributed by atoms with Crippen molar-refractivity contribution >= 4 is 28.8 Å². The summed E-state index contributed by atoms with van der Waals surface area (Å²) in [4.78, 5) is 58.5. The molecule has 37 heavy (non-hydrogen) atoms. The minimum atomic E-state index is -0.409. The first-order chi connectivity index (χ1) is 17.8. The molecule has 3 aromatic rings. The number of piperidine rings is 1. The van der Waals surface area contributed by atoms with Gasteiger partial charge in [0.05, 0.1) is 23.8 Å². The molecule has 0 saturated carbocycles. The molecule has 1 N–H and O–H groups in total. The van der Waals surface area contributed by atoms with Gasteiger partial charge >= 0.3 is 0 Å². The van der Waals surface area contributed by atoms with E-state index < -0.39 is 5.91 Å². The summed E-state index contributed by atoms with van der Waals surface area (Å²) in [5, 5.41) is 2.60. The summed E-state index contributed by atoms with van der Waals surface area (Å²) in [5.41, 5.74) is 1.78. The molecule has 10 heteroatoms. The maximum Gasteiger partial charge on any atom is 0.287 e. The van der Waals surface area contributed by atoms with E-state index >= 15 is 0 Å². The number of fused-ring (bicyclic) bond motifs is 1. The second-order valence-corrected chi connectivity index (χ2v) is 10.0. The van der Waals surface area contributed by atoms with E-state index in [1.165, 1.54) is 6.26 Å². The van der Waals surface area contributed by atoms with Crippen molar-refractivity contribution in [3.05, 3.63) is 64.5 Å². The Morgan fingerprint density at radius 1 is 1.00 bits per heavy atom. The van der Waals surface area contributed by atoms with Crippen LogP contribution in [0.25, 0.3) is 11.0 Å². The van der Waals surface area contributed by atoms with Crippen molar-refractivity contribution in [1.29, 1.82) is 0 Å². The van der Waals surface area contributed by atoms with E-state index in [0.717, 1.165) is 30.3 Å². The highest BCUT2D eigenvalue weighted by Crippen LogP contribution is 2.40. The molecule has 194 valence electrons. The Kier molecular flexibility index (Phi) is 6.82. The molecule has 0 aliphatic carbocycles. The smallest absolute Gasteiger partial charge is 0.287 e. The van der Waals surface area contributed by atoms with Gasteiger partial charge in [0.1, 0.15) is 5.69 Å². The third-order valence-corrected chi connectivity index (χ3v) is 7.74. The van der Waals surface area contributed by atoms with Crippen molar-refractivity contribution in [1.82, 2.24) is 24.7 Å². The van der Waals surface area contributed by atoms with Gasteiger partial charge in [-0.05, 0) is 48.9 Å². The second kappa shape index (κ2) is 10.2. The van der Waals surface area contributed by atoms with Crippen LogP contribution in [-0.4, -0.2) is 69.8 Å². The predicted molar refractivity (Wildman–Crippen MR) is 136 cm³/mol. The summed E-state index contributed by atoms with van der Waals surface area (Å²) in [6, 6.07) is 10.7. The molecule has 0 bridgehead atoms. The van der Waals surface area contributed by atoms with Crippen molar-refractivity contribution in [3.63, 3.8) is 0 Å². The molecule has 0 unspecified atom stereocenters. The van der Waals surface area contributed by atoms with Crippen LogP contribution in [0.15, 0.2) is 51.9 Å². The van der Waals surface area contributed by atoms with Gasteiger partial charge in [0.25, 0.3) is 11.5 Å². The monoisotopic (exact) mass is 505 g/mol. The zero-order valence-electron chi connectivity index (χ0n) is 20.9. The zero-order valence-corrected chi connectivity index (χ0v) is 20.9. The van der Waals surface area contributed by atoms with E-state index in [1.54, 1.807) is 28.6 Å². The molecular formula is C27H31N5O5. The van der Waals surface area contributed by atoms with Gasteiger partial charge in [0, 0.05) is 46.1 Å². The molecule has 5 rings (SSSR count). The molecule has 2 fully saturated rings. The fourth-order valence-corrected chi connectivity index (χ4v) is 5.43. The van der Waals surface area contributed by atoms with Crippen LogP contribution >= 0.6 is 0 Å². The molecule has 1 aromatic carbocycles. The Bertz CT molecular complexity index is 1370. The summed E-state index contributed by atoms with van der Waals surface area (Å²) < 4.78 is 6.63. The van der Waals surface area contributed by atoms with E-state index in [9.17, 15) is 19.2 Å². The molecule has 2 aliphatic heterocycles. The van der Waals surface area contributed by atoms with Gasteiger partial charge in [-0.3, -0.25) is 19.2 Å². The van der Waals surface area contributed by atoms with E-state index in [1.807, 2.05) is 29.2 Å². The SMILES string of the molecule is Cn1c(=O)c(CCC(=O)N2CCC3(CCN(C(=O)CNC(=O)c4ccco4)CC3)C2)nc2ccccc21. The van der Waals surface area contributed by atoms with Crippen LogP contribution in [0.5, 0.6) is 0 Å². The fourth-order valence-electron chi connectivity index (χ4n) is 5.43. The Morgan fingerprint density at radius 2 is 1.73 bits per heavy atom. The van der Waals surface area contributed by atoms with Gasteiger partial charge < -0.3 is 24.1 Å². The number of furan rings is 1. The number of carbonyl (C=O) groups excluding carboxylic acids is 3. The molecule has 1 spiro atoms. The average molecular weight is 506 g/mol. The van der Waals surface area contributed by atoms with Crippen LogP contribution in [0.2, 0.25) is 0 Å². The summed E-state index contributed by atoms with van der Waals surface area (Å²) in [6.45, 7) is 2.50. The maximum atomic E-state index is 13.0.